The van der Waals surface area contributed by atoms with Crippen molar-refractivity contribution in [3.63, 3.8) is 0 Å². The van der Waals surface area contributed by atoms with Gasteiger partial charge in [-0.25, -0.2) is 0 Å². The maximum absolute atomic E-state index is 12.6. The molecule has 4 nitrogen and oxygen atoms in total. The summed E-state index contributed by atoms with van der Waals surface area (Å²) in [6.45, 7) is 0.334. The monoisotopic (exact) mass is 456 g/mol. The van der Waals surface area contributed by atoms with Crippen molar-refractivity contribution < 1.29 is 9.53 Å². The number of nitriles is 1. The molecular formula is C23H15Cl3N2O2. The lowest BCUT2D eigenvalue weighted by atomic mass is 10.1. The molecule has 0 fully saturated rings. The van der Waals surface area contributed by atoms with Crippen LogP contribution in [-0.4, -0.2) is 5.91 Å². The number of carbonyl (C=O) groups is 1. The summed E-state index contributed by atoms with van der Waals surface area (Å²) in [5.41, 5.74) is 1.80. The van der Waals surface area contributed by atoms with E-state index in [1.807, 2.05) is 36.4 Å². The third kappa shape index (κ3) is 5.77. The van der Waals surface area contributed by atoms with Crippen LogP contribution >= 0.6 is 34.8 Å². The third-order valence-corrected chi connectivity index (χ3v) is 5.03. The Labute approximate surface area is 189 Å². The number of anilines is 1. The zero-order valence-electron chi connectivity index (χ0n) is 15.5. The molecule has 7 heteroatoms. The molecule has 0 bridgehead atoms. The summed E-state index contributed by atoms with van der Waals surface area (Å²) < 4.78 is 5.87. The Morgan fingerprint density at radius 3 is 2.47 bits per heavy atom. The Morgan fingerprint density at radius 2 is 1.77 bits per heavy atom. The topological polar surface area (TPSA) is 62.1 Å². The van der Waals surface area contributed by atoms with Crippen LogP contribution in [0.2, 0.25) is 15.1 Å². The lowest BCUT2D eigenvalue weighted by Crippen LogP contribution is -2.13. The van der Waals surface area contributed by atoms with Gasteiger partial charge in [0.1, 0.15) is 24.0 Å². The van der Waals surface area contributed by atoms with E-state index in [1.165, 1.54) is 12.1 Å². The first-order valence-electron chi connectivity index (χ1n) is 8.81. The highest BCUT2D eigenvalue weighted by atomic mass is 35.5. The van der Waals surface area contributed by atoms with E-state index >= 15 is 0 Å². The van der Waals surface area contributed by atoms with E-state index in [4.69, 9.17) is 39.5 Å². The van der Waals surface area contributed by atoms with Crippen molar-refractivity contribution in [1.82, 2.24) is 0 Å². The fraction of sp³-hybridized carbons (Fsp3) is 0.0435. The van der Waals surface area contributed by atoms with Crippen LogP contribution in [0, 0.1) is 11.3 Å². The number of rotatable bonds is 6. The lowest BCUT2D eigenvalue weighted by Gasteiger charge is -2.11. The lowest BCUT2D eigenvalue weighted by molar-refractivity contribution is -0.112. The Kier molecular flexibility index (Phi) is 7.37. The van der Waals surface area contributed by atoms with Gasteiger partial charge in [-0.1, -0.05) is 65.1 Å². The SMILES string of the molecule is N#C/C(=C\c1cc(Cl)ccc1OCc1ccccc1)C(=O)Nc1ccc(Cl)c(Cl)c1. The molecule has 30 heavy (non-hydrogen) atoms. The number of carbonyl (C=O) groups excluding carboxylic acids is 1. The molecule has 0 saturated carbocycles. The Morgan fingerprint density at radius 1 is 1.00 bits per heavy atom. The molecule has 1 N–H and O–H groups in total. The normalized spacial score (nSPS) is 10.9. The first-order valence-corrected chi connectivity index (χ1v) is 9.94. The van der Waals surface area contributed by atoms with Crippen molar-refractivity contribution in [2.45, 2.75) is 6.61 Å². The van der Waals surface area contributed by atoms with Crippen molar-refractivity contribution in [3.05, 3.63) is 98.5 Å². The van der Waals surface area contributed by atoms with Crippen LogP contribution in [0.3, 0.4) is 0 Å². The molecule has 0 heterocycles. The summed E-state index contributed by atoms with van der Waals surface area (Å²) in [7, 11) is 0. The first-order chi connectivity index (χ1) is 14.5. The molecule has 0 aromatic heterocycles. The number of amides is 1. The summed E-state index contributed by atoms with van der Waals surface area (Å²) in [5, 5.41) is 13.2. The van der Waals surface area contributed by atoms with E-state index in [0.717, 1.165) is 5.56 Å². The van der Waals surface area contributed by atoms with Crippen molar-refractivity contribution in [2.24, 2.45) is 0 Å². The average molecular weight is 458 g/mol. The Hall–Kier alpha value is -2.97. The molecule has 3 aromatic rings. The molecule has 0 saturated heterocycles. The molecule has 0 spiro atoms. The fourth-order valence-electron chi connectivity index (χ4n) is 2.58. The molecule has 1 amide bonds. The maximum atomic E-state index is 12.6. The minimum atomic E-state index is -0.593. The minimum Gasteiger partial charge on any atom is -0.488 e. The van der Waals surface area contributed by atoms with Gasteiger partial charge in [-0.05, 0) is 48.0 Å². The van der Waals surface area contributed by atoms with Crippen LogP contribution in [0.1, 0.15) is 11.1 Å². The zero-order valence-corrected chi connectivity index (χ0v) is 17.8. The smallest absolute Gasteiger partial charge is 0.266 e. The Balaban J connectivity index is 1.83. The highest BCUT2D eigenvalue weighted by molar-refractivity contribution is 6.42. The zero-order chi connectivity index (χ0) is 21.5. The van der Waals surface area contributed by atoms with Gasteiger partial charge in [0.25, 0.3) is 5.91 Å². The molecule has 3 rings (SSSR count). The van der Waals surface area contributed by atoms with Crippen LogP contribution < -0.4 is 10.1 Å². The molecule has 0 unspecified atom stereocenters. The number of nitrogens with one attached hydrogen (secondary N) is 1. The van der Waals surface area contributed by atoms with Gasteiger partial charge in [0.05, 0.1) is 10.0 Å². The highest BCUT2D eigenvalue weighted by Crippen LogP contribution is 2.28. The largest absolute Gasteiger partial charge is 0.488 e. The molecule has 150 valence electrons. The number of benzene rings is 3. The van der Waals surface area contributed by atoms with E-state index in [2.05, 4.69) is 5.32 Å². The van der Waals surface area contributed by atoms with E-state index in [-0.39, 0.29) is 5.57 Å². The molecule has 0 aliphatic carbocycles. The van der Waals surface area contributed by atoms with E-state index in [1.54, 1.807) is 30.3 Å². The number of ether oxygens (including phenoxy) is 1. The number of nitrogens with zero attached hydrogens (tertiary/aromatic N) is 1. The summed E-state index contributed by atoms with van der Waals surface area (Å²) >= 11 is 18.0. The van der Waals surface area contributed by atoms with Crippen LogP contribution in [0.4, 0.5) is 5.69 Å². The van der Waals surface area contributed by atoms with Gasteiger partial charge in [0.2, 0.25) is 0 Å². The number of hydrogen-bond acceptors (Lipinski definition) is 3. The van der Waals surface area contributed by atoms with Crippen molar-refractivity contribution >= 4 is 52.5 Å². The van der Waals surface area contributed by atoms with Crippen molar-refractivity contribution in [1.29, 1.82) is 5.26 Å². The summed E-state index contributed by atoms with van der Waals surface area (Å²) in [6.07, 6.45) is 1.43. The van der Waals surface area contributed by atoms with E-state index in [9.17, 15) is 10.1 Å². The number of halogens is 3. The molecule has 0 aliphatic heterocycles. The summed E-state index contributed by atoms with van der Waals surface area (Å²) in [5.74, 6) is -0.0942. The predicted molar refractivity (Wildman–Crippen MR) is 121 cm³/mol. The van der Waals surface area contributed by atoms with Crippen LogP contribution in [0.15, 0.2) is 72.3 Å². The molecule has 0 aliphatic rings. The van der Waals surface area contributed by atoms with E-state index < -0.39 is 5.91 Å². The van der Waals surface area contributed by atoms with Gasteiger partial charge in [-0.2, -0.15) is 5.26 Å². The Bertz CT molecular complexity index is 1140. The fourth-order valence-corrected chi connectivity index (χ4v) is 3.05. The van der Waals surface area contributed by atoms with Crippen molar-refractivity contribution in [2.75, 3.05) is 5.32 Å². The van der Waals surface area contributed by atoms with Crippen LogP contribution in [0.25, 0.3) is 6.08 Å². The standard InChI is InChI=1S/C23H15Cl3N2O2/c24-18-6-9-22(30-14-15-4-2-1-3-5-15)16(11-18)10-17(13-27)23(29)28-19-7-8-20(25)21(26)12-19/h1-12H,14H2,(H,28,29)/b17-10+. The maximum Gasteiger partial charge on any atom is 0.266 e. The van der Waals surface area contributed by atoms with Gasteiger partial charge in [0.15, 0.2) is 0 Å². The second-order valence-electron chi connectivity index (χ2n) is 6.21. The first kappa shape index (κ1) is 21.7. The van der Waals surface area contributed by atoms with Gasteiger partial charge in [-0.3, -0.25) is 4.79 Å². The molecule has 0 atom stereocenters. The van der Waals surface area contributed by atoms with Crippen LogP contribution in [0.5, 0.6) is 5.75 Å². The van der Waals surface area contributed by atoms with Crippen LogP contribution in [-0.2, 0) is 11.4 Å². The second-order valence-corrected chi connectivity index (χ2v) is 7.46. The van der Waals surface area contributed by atoms with Gasteiger partial charge in [-0.15, -0.1) is 0 Å². The predicted octanol–water partition coefficient (Wildman–Crippen LogP) is 6.77. The molecule has 3 aromatic carbocycles. The number of hydrogen-bond donors (Lipinski definition) is 1. The quantitative estimate of drug-likeness (QED) is 0.328. The second kappa shape index (κ2) is 10.2. The van der Waals surface area contributed by atoms with E-state index in [0.29, 0.717) is 38.7 Å². The van der Waals surface area contributed by atoms with Gasteiger partial charge in [0, 0.05) is 16.3 Å². The average Bonchev–Trinajstić information content (AvgIpc) is 2.74. The summed E-state index contributed by atoms with van der Waals surface area (Å²) in [4.78, 5) is 12.6. The van der Waals surface area contributed by atoms with Crippen molar-refractivity contribution in [3.8, 4) is 11.8 Å². The molecular weight excluding hydrogens is 443 g/mol. The molecule has 0 radical (unpaired) electrons. The minimum absolute atomic E-state index is 0.118. The van der Waals surface area contributed by atoms with Gasteiger partial charge < -0.3 is 10.1 Å². The van der Waals surface area contributed by atoms with Gasteiger partial charge >= 0.3 is 0 Å². The summed E-state index contributed by atoms with van der Waals surface area (Å²) in [6, 6.07) is 21.2. The third-order valence-electron chi connectivity index (χ3n) is 4.05. The highest BCUT2D eigenvalue weighted by Gasteiger charge is 2.13.